The number of hydrogen-bond donors (Lipinski definition) is 1. The molecule has 1 atom stereocenters. The highest BCUT2D eigenvalue weighted by Crippen LogP contribution is 2.21. The van der Waals surface area contributed by atoms with Crippen molar-refractivity contribution in [1.29, 1.82) is 0 Å². The van der Waals surface area contributed by atoms with Crippen LogP contribution in [-0.2, 0) is 6.42 Å². The first-order valence-corrected chi connectivity index (χ1v) is 7.60. The monoisotopic (exact) mass is 267 g/mol. The SMILES string of the molecule is CCCNCC(Cc1ccccc1)c1cccc(C)c1. The van der Waals surface area contributed by atoms with Crippen molar-refractivity contribution >= 4 is 0 Å². The van der Waals surface area contributed by atoms with E-state index in [9.17, 15) is 0 Å². The second-order valence-corrected chi connectivity index (χ2v) is 5.50. The maximum atomic E-state index is 3.57. The summed E-state index contributed by atoms with van der Waals surface area (Å²) in [5.41, 5.74) is 4.20. The number of benzene rings is 2. The molecule has 2 rings (SSSR count). The molecule has 1 unspecified atom stereocenters. The molecule has 1 N–H and O–H groups in total. The third-order valence-electron chi connectivity index (χ3n) is 3.66. The zero-order valence-electron chi connectivity index (χ0n) is 12.6. The molecule has 2 aromatic carbocycles. The van der Waals surface area contributed by atoms with E-state index >= 15 is 0 Å². The summed E-state index contributed by atoms with van der Waals surface area (Å²) in [5.74, 6) is 0.545. The first kappa shape index (κ1) is 14.8. The van der Waals surface area contributed by atoms with Crippen LogP contribution in [0.3, 0.4) is 0 Å². The van der Waals surface area contributed by atoms with Crippen LogP contribution in [0.2, 0.25) is 0 Å². The van der Waals surface area contributed by atoms with Gasteiger partial charge in [0.15, 0.2) is 0 Å². The molecule has 0 saturated carbocycles. The largest absolute Gasteiger partial charge is 0.316 e. The summed E-state index contributed by atoms with van der Waals surface area (Å²) in [4.78, 5) is 0. The molecule has 0 radical (unpaired) electrons. The number of rotatable bonds is 7. The minimum absolute atomic E-state index is 0.545. The first-order chi connectivity index (χ1) is 9.79. The standard InChI is InChI=1S/C19H25N/c1-3-12-20-15-19(14-17-9-5-4-6-10-17)18-11-7-8-16(2)13-18/h4-11,13,19-20H,3,12,14-15H2,1-2H3. The zero-order valence-corrected chi connectivity index (χ0v) is 12.6. The smallest absolute Gasteiger partial charge is 0.00233 e. The summed E-state index contributed by atoms with van der Waals surface area (Å²) in [7, 11) is 0. The molecule has 20 heavy (non-hydrogen) atoms. The Hall–Kier alpha value is -1.60. The van der Waals surface area contributed by atoms with Crippen LogP contribution in [0.5, 0.6) is 0 Å². The van der Waals surface area contributed by atoms with Crippen LogP contribution in [0.15, 0.2) is 54.6 Å². The minimum atomic E-state index is 0.545. The van der Waals surface area contributed by atoms with Crippen molar-refractivity contribution in [2.24, 2.45) is 0 Å². The highest BCUT2D eigenvalue weighted by atomic mass is 14.8. The number of aryl methyl sites for hydroxylation is 1. The van der Waals surface area contributed by atoms with Gasteiger partial charge in [0.1, 0.15) is 0 Å². The van der Waals surface area contributed by atoms with E-state index in [4.69, 9.17) is 0 Å². The molecule has 0 fully saturated rings. The highest BCUT2D eigenvalue weighted by Gasteiger charge is 2.12. The van der Waals surface area contributed by atoms with Crippen LogP contribution in [0.1, 0.15) is 36.0 Å². The zero-order chi connectivity index (χ0) is 14.2. The Kier molecular flexibility index (Phi) is 5.82. The van der Waals surface area contributed by atoms with Crippen molar-refractivity contribution in [3.05, 3.63) is 71.3 Å². The van der Waals surface area contributed by atoms with Gasteiger partial charge in [0.25, 0.3) is 0 Å². The van der Waals surface area contributed by atoms with E-state index in [1.54, 1.807) is 0 Å². The highest BCUT2D eigenvalue weighted by molar-refractivity contribution is 5.28. The van der Waals surface area contributed by atoms with Crippen molar-refractivity contribution in [1.82, 2.24) is 5.32 Å². The van der Waals surface area contributed by atoms with Crippen molar-refractivity contribution in [2.45, 2.75) is 32.6 Å². The molecule has 0 aliphatic heterocycles. The lowest BCUT2D eigenvalue weighted by molar-refractivity contribution is 0.576. The van der Waals surface area contributed by atoms with Gasteiger partial charge in [0.05, 0.1) is 0 Å². The summed E-state index contributed by atoms with van der Waals surface area (Å²) in [6.07, 6.45) is 2.28. The Labute approximate surface area is 123 Å². The Morgan fingerprint density at radius 2 is 1.80 bits per heavy atom. The van der Waals surface area contributed by atoms with Crippen LogP contribution in [0.25, 0.3) is 0 Å². The van der Waals surface area contributed by atoms with Gasteiger partial charge in [-0.15, -0.1) is 0 Å². The first-order valence-electron chi connectivity index (χ1n) is 7.60. The van der Waals surface area contributed by atoms with Crippen molar-refractivity contribution in [2.75, 3.05) is 13.1 Å². The predicted octanol–water partition coefficient (Wildman–Crippen LogP) is 4.32. The molecule has 0 aliphatic rings. The molecule has 0 aromatic heterocycles. The average Bonchev–Trinajstić information content (AvgIpc) is 2.47. The molecule has 1 heteroatoms. The quantitative estimate of drug-likeness (QED) is 0.737. The fourth-order valence-corrected chi connectivity index (χ4v) is 2.58. The van der Waals surface area contributed by atoms with Crippen LogP contribution in [0.4, 0.5) is 0 Å². The van der Waals surface area contributed by atoms with Crippen molar-refractivity contribution in [3.63, 3.8) is 0 Å². The Morgan fingerprint density at radius 3 is 2.50 bits per heavy atom. The summed E-state index contributed by atoms with van der Waals surface area (Å²) in [5, 5.41) is 3.57. The van der Waals surface area contributed by atoms with Gasteiger partial charge in [-0.3, -0.25) is 0 Å². The Morgan fingerprint density at radius 1 is 1.00 bits per heavy atom. The van der Waals surface area contributed by atoms with Crippen LogP contribution in [-0.4, -0.2) is 13.1 Å². The summed E-state index contributed by atoms with van der Waals surface area (Å²) in [6.45, 7) is 6.53. The molecular formula is C19H25N. The number of hydrogen-bond acceptors (Lipinski definition) is 1. The van der Waals surface area contributed by atoms with Crippen LogP contribution in [0, 0.1) is 6.92 Å². The second-order valence-electron chi connectivity index (χ2n) is 5.50. The summed E-state index contributed by atoms with van der Waals surface area (Å²) in [6, 6.07) is 19.7. The normalized spacial score (nSPS) is 12.3. The summed E-state index contributed by atoms with van der Waals surface area (Å²) < 4.78 is 0. The van der Waals surface area contributed by atoms with Crippen molar-refractivity contribution < 1.29 is 0 Å². The van der Waals surface area contributed by atoms with Gasteiger partial charge in [-0.05, 0) is 37.4 Å². The molecule has 0 bridgehead atoms. The van der Waals surface area contributed by atoms with E-state index in [0.29, 0.717) is 5.92 Å². The van der Waals surface area contributed by atoms with Gasteiger partial charge in [-0.1, -0.05) is 67.1 Å². The summed E-state index contributed by atoms with van der Waals surface area (Å²) >= 11 is 0. The van der Waals surface area contributed by atoms with E-state index in [0.717, 1.165) is 19.5 Å². The fourth-order valence-electron chi connectivity index (χ4n) is 2.58. The maximum absolute atomic E-state index is 3.57. The van der Waals surface area contributed by atoms with Crippen molar-refractivity contribution in [3.8, 4) is 0 Å². The van der Waals surface area contributed by atoms with Crippen LogP contribution >= 0.6 is 0 Å². The fraction of sp³-hybridized carbons (Fsp3) is 0.368. The van der Waals surface area contributed by atoms with Gasteiger partial charge in [-0.2, -0.15) is 0 Å². The third-order valence-corrected chi connectivity index (χ3v) is 3.66. The van der Waals surface area contributed by atoms with Gasteiger partial charge >= 0.3 is 0 Å². The van der Waals surface area contributed by atoms with Gasteiger partial charge in [0, 0.05) is 12.5 Å². The molecule has 2 aromatic rings. The molecular weight excluding hydrogens is 242 g/mol. The van der Waals surface area contributed by atoms with E-state index in [1.807, 2.05) is 0 Å². The minimum Gasteiger partial charge on any atom is -0.316 e. The Bertz CT molecular complexity index is 504. The van der Waals surface area contributed by atoms with Crippen LogP contribution < -0.4 is 5.32 Å². The molecule has 0 saturated heterocycles. The molecule has 0 amide bonds. The van der Waals surface area contributed by atoms with E-state index < -0.39 is 0 Å². The average molecular weight is 267 g/mol. The Balaban J connectivity index is 2.11. The lowest BCUT2D eigenvalue weighted by atomic mass is 9.91. The molecule has 0 aliphatic carbocycles. The lowest BCUT2D eigenvalue weighted by Crippen LogP contribution is -2.23. The van der Waals surface area contributed by atoms with Gasteiger partial charge in [0.2, 0.25) is 0 Å². The number of nitrogens with one attached hydrogen (secondary N) is 1. The molecule has 106 valence electrons. The molecule has 0 spiro atoms. The van der Waals surface area contributed by atoms with E-state index in [2.05, 4.69) is 73.8 Å². The second kappa shape index (κ2) is 7.86. The lowest BCUT2D eigenvalue weighted by Gasteiger charge is -2.19. The van der Waals surface area contributed by atoms with Gasteiger partial charge in [-0.25, -0.2) is 0 Å². The third kappa shape index (κ3) is 4.50. The van der Waals surface area contributed by atoms with Gasteiger partial charge < -0.3 is 5.32 Å². The van der Waals surface area contributed by atoms with E-state index in [-0.39, 0.29) is 0 Å². The predicted molar refractivity (Wildman–Crippen MR) is 87.2 cm³/mol. The molecule has 1 nitrogen and oxygen atoms in total. The molecule has 0 heterocycles. The van der Waals surface area contributed by atoms with E-state index in [1.165, 1.54) is 23.1 Å². The topological polar surface area (TPSA) is 12.0 Å². The maximum Gasteiger partial charge on any atom is 0.00233 e.